The Morgan fingerprint density at radius 1 is 1.18 bits per heavy atom. The van der Waals surface area contributed by atoms with Crippen LogP contribution in [0.5, 0.6) is 0 Å². The number of rotatable bonds is 1. The molecule has 1 heterocycles. The molecule has 0 spiro atoms. The molecule has 0 unspecified atom stereocenters. The maximum Gasteiger partial charge on any atom is 0.226 e. The number of nitrogens with zero attached hydrogens (tertiary/aromatic N) is 1. The minimum atomic E-state index is 0.166. The zero-order valence-electron chi connectivity index (χ0n) is 9.93. The Kier molecular flexibility index (Phi) is 2.63. The fraction of sp³-hybridized carbons (Fsp3) is 0.500. The van der Waals surface area contributed by atoms with E-state index >= 15 is 0 Å². The van der Waals surface area contributed by atoms with E-state index in [1.165, 1.54) is 11.1 Å². The van der Waals surface area contributed by atoms with Gasteiger partial charge in [-0.15, -0.1) is 0 Å². The molecule has 1 saturated carbocycles. The van der Waals surface area contributed by atoms with Crippen molar-refractivity contribution < 1.29 is 4.79 Å². The van der Waals surface area contributed by atoms with Crippen LogP contribution in [0.3, 0.4) is 0 Å². The van der Waals surface area contributed by atoms with Crippen LogP contribution in [-0.4, -0.2) is 16.8 Å². The number of fused-ring (bicyclic) bond motifs is 1. The molecule has 2 atom stereocenters. The molecule has 3 heteroatoms. The van der Waals surface area contributed by atoms with Crippen LogP contribution in [0.25, 0.3) is 0 Å². The van der Waals surface area contributed by atoms with Gasteiger partial charge in [-0.05, 0) is 30.4 Å². The van der Waals surface area contributed by atoms with E-state index in [4.69, 9.17) is 5.73 Å². The van der Waals surface area contributed by atoms with Crippen molar-refractivity contribution in [2.75, 3.05) is 0 Å². The lowest BCUT2D eigenvalue weighted by molar-refractivity contribution is -0.136. The van der Waals surface area contributed by atoms with Crippen LogP contribution >= 0.6 is 0 Å². The predicted octanol–water partition coefficient (Wildman–Crippen LogP) is 1.66. The maximum atomic E-state index is 12.3. The van der Waals surface area contributed by atoms with Crippen molar-refractivity contribution in [1.82, 2.24) is 4.90 Å². The lowest BCUT2D eigenvalue weighted by Gasteiger charge is -2.19. The maximum absolute atomic E-state index is 12.3. The molecule has 1 aliphatic heterocycles. The molecule has 1 aliphatic carbocycles. The number of carbonyl (C=O) groups excluding carboxylic acids is 1. The van der Waals surface area contributed by atoms with E-state index < -0.39 is 0 Å². The van der Waals surface area contributed by atoms with Crippen LogP contribution in [0.2, 0.25) is 0 Å². The first-order valence-electron chi connectivity index (χ1n) is 6.35. The number of benzene rings is 1. The number of nitrogens with two attached hydrogens (primary N) is 1. The Hall–Kier alpha value is -1.35. The standard InChI is InChI=1S/C14H18N2O/c15-13-6-5-10(7-13)14(17)16-8-11-3-1-2-4-12(11)9-16/h1-4,10,13H,5-9,15H2/t10-,13-/m1/s1. The molecule has 0 radical (unpaired) electrons. The first kappa shape index (κ1) is 10.8. The second-order valence-corrected chi connectivity index (χ2v) is 5.23. The minimum absolute atomic E-state index is 0.166. The summed E-state index contributed by atoms with van der Waals surface area (Å²) in [5.41, 5.74) is 8.46. The Balaban J connectivity index is 1.70. The summed E-state index contributed by atoms with van der Waals surface area (Å²) >= 11 is 0. The lowest BCUT2D eigenvalue weighted by Crippen LogP contribution is -2.31. The van der Waals surface area contributed by atoms with Crippen LogP contribution < -0.4 is 5.73 Å². The van der Waals surface area contributed by atoms with Crippen molar-refractivity contribution in [3.05, 3.63) is 35.4 Å². The van der Waals surface area contributed by atoms with Gasteiger partial charge in [0.2, 0.25) is 5.91 Å². The number of amides is 1. The van der Waals surface area contributed by atoms with Crippen LogP contribution in [0.15, 0.2) is 24.3 Å². The molecule has 1 aromatic carbocycles. The predicted molar refractivity (Wildman–Crippen MR) is 66.0 cm³/mol. The monoisotopic (exact) mass is 230 g/mol. The third-order valence-electron chi connectivity index (χ3n) is 3.97. The van der Waals surface area contributed by atoms with Gasteiger partial charge in [-0.1, -0.05) is 24.3 Å². The highest BCUT2D eigenvalue weighted by molar-refractivity contribution is 5.80. The summed E-state index contributed by atoms with van der Waals surface area (Å²) in [5, 5.41) is 0. The first-order valence-corrected chi connectivity index (χ1v) is 6.35. The number of hydrogen-bond donors (Lipinski definition) is 1. The largest absolute Gasteiger partial charge is 0.334 e. The molecule has 0 aromatic heterocycles. The zero-order valence-corrected chi connectivity index (χ0v) is 9.93. The second-order valence-electron chi connectivity index (χ2n) is 5.23. The van der Waals surface area contributed by atoms with Crippen molar-refractivity contribution in [2.45, 2.75) is 38.4 Å². The molecule has 2 N–H and O–H groups in total. The SMILES string of the molecule is N[C@@H]1CC[C@@H](C(=O)N2Cc3ccccc3C2)C1. The molecule has 1 aromatic rings. The quantitative estimate of drug-likeness (QED) is 0.797. The molecule has 3 nitrogen and oxygen atoms in total. The fourth-order valence-electron chi connectivity index (χ4n) is 2.99. The summed E-state index contributed by atoms with van der Waals surface area (Å²) in [6.45, 7) is 1.56. The summed E-state index contributed by atoms with van der Waals surface area (Å²) in [5.74, 6) is 0.466. The highest BCUT2D eigenvalue weighted by atomic mass is 16.2. The van der Waals surface area contributed by atoms with E-state index in [0.717, 1.165) is 32.4 Å². The van der Waals surface area contributed by atoms with Crippen LogP contribution in [0.4, 0.5) is 0 Å². The van der Waals surface area contributed by atoms with Gasteiger partial charge in [0.05, 0.1) is 0 Å². The van der Waals surface area contributed by atoms with Crippen LogP contribution in [0.1, 0.15) is 30.4 Å². The lowest BCUT2D eigenvalue weighted by atomic mass is 10.1. The average molecular weight is 230 g/mol. The van der Waals surface area contributed by atoms with Gasteiger partial charge in [0.15, 0.2) is 0 Å². The normalized spacial score (nSPS) is 27.2. The Labute approximate surface area is 102 Å². The van der Waals surface area contributed by atoms with E-state index in [0.29, 0.717) is 5.91 Å². The smallest absolute Gasteiger partial charge is 0.226 e. The van der Waals surface area contributed by atoms with Crippen molar-refractivity contribution in [2.24, 2.45) is 11.7 Å². The second kappa shape index (κ2) is 4.15. The summed E-state index contributed by atoms with van der Waals surface area (Å²) in [6.07, 6.45) is 2.83. The molecule has 0 bridgehead atoms. The van der Waals surface area contributed by atoms with Crippen molar-refractivity contribution >= 4 is 5.91 Å². The highest BCUT2D eigenvalue weighted by Gasteiger charge is 2.33. The molecule has 0 saturated heterocycles. The van der Waals surface area contributed by atoms with Crippen molar-refractivity contribution in [3.63, 3.8) is 0 Å². The van der Waals surface area contributed by atoms with Crippen LogP contribution in [-0.2, 0) is 17.9 Å². The van der Waals surface area contributed by atoms with Gasteiger partial charge >= 0.3 is 0 Å². The van der Waals surface area contributed by atoms with Gasteiger partial charge in [0, 0.05) is 25.0 Å². The molecule has 3 rings (SSSR count). The van der Waals surface area contributed by atoms with Gasteiger partial charge in [0.25, 0.3) is 0 Å². The summed E-state index contributed by atoms with van der Waals surface area (Å²) in [7, 11) is 0. The van der Waals surface area contributed by atoms with Crippen LogP contribution in [0, 0.1) is 5.92 Å². The number of carbonyl (C=O) groups is 1. The van der Waals surface area contributed by atoms with Gasteiger partial charge in [-0.2, -0.15) is 0 Å². The summed E-state index contributed by atoms with van der Waals surface area (Å²) in [6, 6.07) is 8.54. The Bertz CT molecular complexity index is 419. The summed E-state index contributed by atoms with van der Waals surface area (Å²) in [4.78, 5) is 14.3. The molecule has 1 fully saturated rings. The van der Waals surface area contributed by atoms with Gasteiger partial charge in [-0.3, -0.25) is 4.79 Å². The minimum Gasteiger partial charge on any atom is -0.334 e. The van der Waals surface area contributed by atoms with Gasteiger partial charge in [0.1, 0.15) is 0 Å². The van der Waals surface area contributed by atoms with Gasteiger partial charge < -0.3 is 10.6 Å². The first-order chi connectivity index (χ1) is 8.24. The van der Waals surface area contributed by atoms with E-state index in [1.807, 2.05) is 17.0 Å². The topological polar surface area (TPSA) is 46.3 Å². The van der Waals surface area contributed by atoms with E-state index in [9.17, 15) is 4.79 Å². The Morgan fingerprint density at radius 2 is 1.82 bits per heavy atom. The third-order valence-corrected chi connectivity index (χ3v) is 3.97. The van der Waals surface area contributed by atoms with Crippen molar-refractivity contribution in [1.29, 1.82) is 0 Å². The number of hydrogen-bond acceptors (Lipinski definition) is 2. The molecule has 90 valence electrons. The van der Waals surface area contributed by atoms with E-state index in [2.05, 4.69) is 12.1 Å². The van der Waals surface area contributed by atoms with Gasteiger partial charge in [-0.25, -0.2) is 0 Å². The molecular weight excluding hydrogens is 212 g/mol. The molecule has 2 aliphatic rings. The van der Waals surface area contributed by atoms with E-state index in [-0.39, 0.29) is 12.0 Å². The third kappa shape index (κ3) is 1.95. The summed E-state index contributed by atoms with van der Waals surface area (Å²) < 4.78 is 0. The van der Waals surface area contributed by atoms with Crippen molar-refractivity contribution in [3.8, 4) is 0 Å². The Morgan fingerprint density at radius 3 is 2.35 bits per heavy atom. The zero-order chi connectivity index (χ0) is 11.8. The molecule has 1 amide bonds. The average Bonchev–Trinajstić information content (AvgIpc) is 2.93. The molecular formula is C14H18N2O. The highest BCUT2D eigenvalue weighted by Crippen LogP contribution is 2.30. The fourth-order valence-corrected chi connectivity index (χ4v) is 2.99. The van der Waals surface area contributed by atoms with E-state index in [1.54, 1.807) is 0 Å². The molecule has 17 heavy (non-hydrogen) atoms.